The molecule has 0 saturated heterocycles. The average molecular weight is 439 g/mol. The Morgan fingerprint density at radius 3 is 2.67 bits per heavy atom. The van der Waals surface area contributed by atoms with Gasteiger partial charge in [-0.05, 0) is 0 Å². The minimum Gasteiger partial charge on any atom is -1.00 e. The average Bonchev–Trinajstić information content (AvgIpc) is 2.78. The molecule has 2 aromatic rings. The van der Waals surface area contributed by atoms with Gasteiger partial charge in [-0.2, -0.15) is 0 Å². The van der Waals surface area contributed by atoms with Crippen LogP contribution in [0.2, 0.25) is 0 Å². The minimum absolute atomic E-state index is 0. The molecule has 0 aromatic carbocycles. The van der Waals surface area contributed by atoms with Crippen LogP contribution in [0.5, 0.6) is 0 Å². The smallest absolute Gasteiger partial charge is 1.00 e. The Bertz CT molecular complexity index is 683. The molecule has 0 radical (unpaired) electrons. The molecule has 0 unspecified atom stereocenters. The molecule has 1 aliphatic rings. The Balaban J connectivity index is 0.00000161. The van der Waals surface area contributed by atoms with Crippen LogP contribution in [0, 0.1) is 0 Å². The number of nitrogens with two attached hydrogens (primary N) is 1. The van der Waals surface area contributed by atoms with Gasteiger partial charge < -0.3 is 12.4 Å². The predicted molar refractivity (Wildman–Crippen MR) is 79.7 cm³/mol. The van der Waals surface area contributed by atoms with Crippen molar-refractivity contribution in [1.29, 1.82) is 0 Å². The number of primary amides is 1. The topological polar surface area (TPSA) is 67.4 Å². The standard InChI is InChI=1S/C14H15BrN2O2Se.ClH/c15-10-11-9(13(16)18)5-4-8-17(11)20-12(10)14(19)6-2-1-3-7-14;/h4-5,8,19H,1-3,6-7H2,(H-,16,18);1H. The van der Waals surface area contributed by atoms with Crippen LogP contribution >= 0.6 is 15.9 Å². The second-order valence-corrected chi connectivity index (χ2v) is 8.15. The number of hydrogen-bond acceptors (Lipinski definition) is 2. The molecule has 1 amide bonds. The fraction of sp³-hybridized carbons (Fsp3) is 0.429. The molecular formula is C14H16BrClN2O2Se. The number of hydrogen-bond donors (Lipinski definition) is 2. The third-order valence-corrected chi connectivity index (χ3v) is 7.95. The van der Waals surface area contributed by atoms with Crippen LogP contribution in [0.25, 0.3) is 5.52 Å². The second kappa shape index (κ2) is 6.39. The summed E-state index contributed by atoms with van der Waals surface area (Å²) in [5.74, 6) is -0.431. The zero-order valence-corrected chi connectivity index (χ0v) is 15.4. The maximum atomic E-state index is 11.6. The van der Waals surface area contributed by atoms with Crippen molar-refractivity contribution in [2.75, 3.05) is 0 Å². The Kier molecular flexibility index (Phi) is 5.16. The SMILES string of the molecule is NC(=O)c1ccc[n+]2[se]c(C3(O)CCCCC3)c(Br)c12.[Cl-]. The molecule has 1 fully saturated rings. The first-order valence-electron chi connectivity index (χ1n) is 6.69. The van der Waals surface area contributed by atoms with E-state index in [1.54, 1.807) is 6.07 Å². The molecule has 0 bridgehead atoms. The van der Waals surface area contributed by atoms with Crippen LogP contribution in [-0.4, -0.2) is 25.7 Å². The van der Waals surface area contributed by atoms with Gasteiger partial charge in [0.2, 0.25) is 0 Å². The molecule has 21 heavy (non-hydrogen) atoms. The van der Waals surface area contributed by atoms with E-state index in [-0.39, 0.29) is 27.1 Å². The first-order chi connectivity index (χ1) is 9.53. The summed E-state index contributed by atoms with van der Waals surface area (Å²) in [4.78, 5) is 11.6. The zero-order chi connectivity index (χ0) is 14.3. The minimum atomic E-state index is -0.724. The van der Waals surface area contributed by atoms with E-state index in [0.29, 0.717) is 5.56 Å². The van der Waals surface area contributed by atoms with Gasteiger partial charge in [0.25, 0.3) is 0 Å². The Labute approximate surface area is 143 Å². The third-order valence-electron chi connectivity index (χ3n) is 3.93. The summed E-state index contributed by atoms with van der Waals surface area (Å²) in [5, 5.41) is 10.9. The second-order valence-electron chi connectivity index (χ2n) is 5.29. The van der Waals surface area contributed by atoms with Crippen molar-refractivity contribution in [2.45, 2.75) is 37.7 Å². The summed E-state index contributed by atoms with van der Waals surface area (Å²) in [7, 11) is 0. The number of amides is 1. The van der Waals surface area contributed by atoms with Gasteiger partial charge in [0.05, 0.1) is 0 Å². The number of carbonyl (C=O) groups is 1. The molecule has 4 nitrogen and oxygen atoms in total. The first-order valence-corrected chi connectivity index (χ1v) is 9.10. The van der Waals surface area contributed by atoms with E-state index in [1.165, 1.54) is 6.42 Å². The van der Waals surface area contributed by atoms with Crippen molar-refractivity contribution < 1.29 is 25.7 Å². The van der Waals surface area contributed by atoms with Gasteiger partial charge in [-0.1, -0.05) is 0 Å². The molecule has 2 heterocycles. The molecule has 0 atom stereocenters. The van der Waals surface area contributed by atoms with Crippen LogP contribution in [0.15, 0.2) is 22.8 Å². The van der Waals surface area contributed by atoms with E-state index in [4.69, 9.17) is 5.73 Å². The quantitative estimate of drug-likeness (QED) is 0.561. The summed E-state index contributed by atoms with van der Waals surface area (Å²) in [6.45, 7) is 0. The van der Waals surface area contributed by atoms with Gasteiger partial charge in [-0.25, -0.2) is 0 Å². The number of carbonyl (C=O) groups excluding carboxylic acids is 1. The van der Waals surface area contributed by atoms with Crippen LogP contribution in [0.4, 0.5) is 0 Å². The Hall–Kier alpha value is -0.391. The van der Waals surface area contributed by atoms with E-state index < -0.39 is 11.5 Å². The number of rotatable bonds is 2. The zero-order valence-electron chi connectivity index (χ0n) is 11.3. The largest absolute Gasteiger partial charge is 1.00 e. The summed E-state index contributed by atoms with van der Waals surface area (Å²) in [6, 6.07) is 3.57. The number of fused-ring (bicyclic) bond motifs is 1. The third kappa shape index (κ3) is 2.92. The van der Waals surface area contributed by atoms with Gasteiger partial charge in [-0.3, -0.25) is 0 Å². The number of aromatic nitrogens is 1. The van der Waals surface area contributed by atoms with Gasteiger partial charge in [0.15, 0.2) is 0 Å². The van der Waals surface area contributed by atoms with Gasteiger partial charge in [0.1, 0.15) is 0 Å². The predicted octanol–water partition coefficient (Wildman–Crippen LogP) is -1.50. The Morgan fingerprint density at radius 2 is 2.05 bits per heavy atom. The van der Waals surface area contributed by atoms with Crippen LogP contribution < -0.4 is 21.5 Å². The fourth-order valence-corrected chi connectivity index (χ4v) is 6.73. The number of pyridine rings is 1. The number of aliphatic hydroxyl groups is 1. The maximum absolute atomic E-state index is 11.6. The van der Waals surface area contributed by atoms with Gasteiger partial charge in [-0.15, -0.1) is 0 Å². The summed E-state index contributed by atoms with van der Waals surface area (Å²) < 4.78 is 3.94. The molecule has 114 valence electrons. The van der Waals surface area contributed by atoms with E-state index >= 15 is 0 Å². The van der Waals surface area contributed by atoms with Crippen molar-refractivity contribution >= 4 is 42.1 Å². The normalized spacial score (nSPS) is 17.4. The summed E-state index contributed by atoms with van der Waals surface area (Å²) >= 11 is 3.58. The van der Waals surface area contributed by atoms with Crippen molar-refractivity contribution in [3.63, 3.8) is 0 Å². The van der Waals surface area contributed by atoms with Crippen LogP contribution in [0.3, 0.4) is 0 Å². The van der Waals surface area contributed by atoms with E-state index in [9.17, 15) is 9.90 Å². The van der Waals surface area contributed by atoms with Crippen LogP contribution in [-0.2, 0) is 5.60 Å². The molecule has 1 aliphatic carbocycles. The summed E-state index contributed by atoms with van der Waals surface area (Å²) in [6.07, 6.45) is 6.86. The number of nitrogens with zero attached hydrogens (tertiary/aromatic N) is 1. The number of halogens is 2. The fourth-order valence-electron chi connectivity index (χ4n) is 2.88. The van der Waals surface area contributed by atoms with Crippen molar-refractivity contribution in [2.24, 2.45) is 5.73 Å². The summed E-state index contributed by atoms with van der Waals surface area (Å²) in [5.41, 5.74) is 6.05. The molecule has 3 N–H and O–H groups in total. The van der Waals surface area contributed by atoms with E-state index in [2.05, 4.69) is 15.9 Å². The molecular weight excluding hydrogens is 422 g/mol. The molecule has 3 rings (SSSR count). The molecule has 0 aliphatic heterocycles. The van der Waals surface area contributed by atoms with Crippen LogP contribution in [0.1, 0.15) is 46.9 Å². The van der Waals surface area contributed by atoms with E-state index in [1.807, 2.05) is 15.7 Å². The molecule has 7 heteroatoms. The van der Waals surface area contributed by atoms with Crippen molar-refractivity contribution in [3.05, 3.63) is 32.8 Å². The molecule has 1 saturated carbocycles. The maximum Gasteiger partial charge on any atom is -1.00 e. The van der Waals surface area contributed by atoms with E-state index in [0.717, 1.165) is 40.1 Å². The van der Waals surface area contributed by atoms with Crippen molar-refractivity contribution in [3.8, 4) is 0 Å². The Morgan fingerprint density at radius 1 is 1.38 bits per heavy atom. The van der Waals surface area contributed by atoms with Gasteiger partial charge in [0, 0.05) is 0 Å². The van der Waals surface area contributed by atoms with Crippen molar-refractivity contribution in [1.82, 2.24) is 0 Å². The van der Waals surface area contributed by atoms with Gasteiger partial charge >= 0.3 is 132 Å². The molecule has 2 aromatic heterocycles. The first kappa shape index (κ1) is 17.0. The monoisotopic (exact) mass is 438 g/mol. The molecule has 0 spiro atoms.